The van der Waals surface area contributed by atoms with Crippen LogP contribution in [0.25, 0.3) is 33.5 Å². The van der Waals surface area contributed by atoms with Gasteiger partial charge in [0.2, 0.25) is 0 Å². The molecule has 1 aliphatic carbocycles. The van der Waals surface area contributed by atoms with Gasteiger partial charge >= 0.3 is 0 Å². The van der Waals surface area contributed by atoms with Crippen molar-refractivity contribution in [3.63, 3.8) is 0 Å². The maximum absolute atomic E-state index is 13.5. The largest absolute Gasteiger partial charge is 0.338 e. The van der Waals surface area contributed by atoms with Gasteiger partial charge in [-0.3, -0.25) is 0 Å². The van der Waals surface area contributed by atoms with Crippen molar-refractivity contribution in [2.24, 2.45) is 5.73 Å². The lowest BCUT2D eigenvalue weighted by Gasteiger charge is -2.08. The Balaban J connectivity index is 1.79. The van der Waals surface area contributed by atoms with Gasteiger partial charge in [-0.05, 0) is 40.5 Å². The highest BCUT2D eigenvalue weighted by Crippen LogP contribution is 2.46. The Morgan fingerprint density at radius 3 is 2.62 bits per heavy atom. The lowest BCUT2D eigenvalue weighted by molar-refractivity contribution is 0.629. The Morgan fingerprint density at radius 1 is 0.917 bits per heavy atom. The SMILES string of the molecule is NC1c2ccccc2-c2c(-c3nc4ccc(F)cc4[nH]3)cccc21. The number of imidazole rings is 1. The van der Waals surface area contributed by atoms with E-state index in [9.17, 15) is 4.39 Å². The van der Waals surface area contributed by atoms with Crippen LogP contribution < -0.4 is 5.73 Å². The first kappa shape index (κ1) is 13.5. The first-order chi connectivity index (χ1) is 11.7. The summed E-state index contributed by atoms with van der Waals surface area (Å²) < 4.78 is 13.5. The van der Waals surface area contributed by atoms with Crippen LogP contribution in [-0.4, -0.2) is 9.97 Å². The van der Waals surface area contributed by atoms with E-state index in [1.807, 2.05) is 24.3 Å². The molecule has 0 aliphatic heterocycles. The van der Waals surface area contributed by atoms with Gasteiger partial charge in [0.05, 0.1) is 17.1 Å². The number of H-pyrrole nitrogens is 1. The van der Waals surface area contributed by atoms with Crippen molar-refractivity contribution in [2.45, 2.75) is 6.04 Å². The van der Waals surface area contributed by atoms with Gasteiger partial charge in [-0.25, -0.2) is 9.37 Å². The number of halogens is 1. The van der Waals surface area contributed by atoms with Gasteiger partial charge in [0, 0.05) is 5.56 Å². The van der Waals surface area contributed by atoms with Crippen LogP contribution >= 0.6 is 0 Å². The average molecular weight is 315 g/mol. The van der Waals surface area contributed by atoms with E-state index < -0.39 is 0 Å². The normalized spacial score (nSPS) is 15.5. The monoisotopic (exact) mass is 315 g/mol. The Bertz CT molecular complexity index is 1100. The third-order valence-electron chi connectivity index (χ3n) is 4.70. The second kappa shape index (κ2) is 4.76. The number of nitrogens with two attached hydrogens (primary N) is 1. The number of nitrogens with zero attached hydrogens (tertiary/aromatic N) is 1. The third-order valence-corrected chi connectivity index (χ3v) is 4.70. The number of nitrogens with one attached hydrogen (secondary N) is 1. The second-order valence-electron chi connectivity index (χ2n) is 6.08. The first-order valence-corrected chi connectivity index (χ1v) is 7.86. The van der Waals surface area contributed by atoms with E-state index in [1.54, 1.807) is 6.07 Å². The van der Waals surface area contributed by atoms with E-state index in [4.69, 9.17) is 5.73 Å². The molecule has 3 nitrogen and oxygen atoms in total. The molecule has 3 N–H and O–H groups in total. The number of hydrogen-bond donors (Lipinski definition) is 2. The number of rotatable bonds is 1. The summed E-state index contributed by atoms with van der Waals surface area (Å²) in [5.74, 6) is 0.458. The molecule has 0 fully saturated rings. The Morgan fingerprint density at radius 2 is 1.71 bits per heavy atom. The molecular formula is C20H14FN3. The summed E-state index contributed by atoms with van der Waals surface area (Å²) in [5, 5.41) is 0. The molecule has 4 heteroatoms. The van der Waals surface area contributed by atoms with Gasteiger partial charge in [0.15, 0.2) is 0 Å². The summed E-state index contributed by atoms with van der Waals surface area (Å²) in [6.45, 7) is 0. The fourth-order valence-corrected chi connectivity index (χ4v) is 3.60. The maximum Gasteiger partial charge on any atom is 0.139 e. The van der Waals surface area contributed by atoms with E-state index in [2.05, 4.69) is 28.2 Å². The van der Waals surface area contributed by atoms with Crippen LogP contribution in [0.4, 0.5) is 4.39 Å². The molecule has 116 valence electrons. The molecule has 24 heavy (non-hydrogen) atoms. The van der Waals surface area contributed by atoms with Crippen LogP contribution in [0.2, 0.25) is 0 Å². The lowest BCUT2D eigenvalue weighted by Crippen LogP contribution is -2.07. The Hall–Kier alpha value is -2.98. The molecular weight excluding hydrogens is 301 g/mol. The number of fused-ring (bicyclic) bond motifs is 4. The zero-order valence-electron chi connectivity index (χ0n) is 12.8. The molecule has 0 spiro atoms. The number of aromatic nitrogens is 2. The molecule has 0 bridgehead atoms. The summed E-state index contributed by atoms with van der Waals surface area (Å²) in [4.78, 5) is 7.87. The molecule has 1 unspecified atom stereocenters. The predicted octanol–water partition coefficient (Wildman–Crippen LogP) is 4.40. The van der Waals surface area contributed by atoms with E-state index in [-0.39, 0.29) is 11.9 Å². The Labute approximate surface area is 138 Å². The predicted molar refractivity (Wildman–Crippen MR) is 93.0 cm³/mol. The lowest BCUT2D eigenvalue weighted by atomic mass is 9.99. The smallest absolute Gasteiger partial charge is 0.139 e. The molecule has 0 radical (unpaired) electrons. The van der Waals surface area contributed by atoms with Crippen molar-refractivity contribution in [3.05, 3.63) is 77.6 Å². The number of benzene rings is 3. The van der Waals surface area contributed by atoms with Gasteiger partial charge in [-0.2, -0.15) is 0 Å². The molecule has 1 heterocycles. The highest BCUT2D eigenvalue weighted by molar-refractivity contribution is 5.91. The van der Waals surface area contributed by atoms with Gasteiger partial charge in [0.1, 0.15) is 11.6 Å². The molecule has 1 atom stereocenters. The van der Waals surface area contributed by atoms with Gasteiger partial charge in [-0.15, -0.1) is 0 Å². The van der Waals surface area contributed by atoms with Crippen LogP contribution in [-0.2, 0) is 0 Å². The Kier molecular flexibility index (Phi) is 2.67. The fourth-order valence-electron chi connectivity index (χ4n) is 3.60. The standard InChI is InChI=1S/C20H14FN3/c21-11-8-9-16-17(10-11)24-20(23-16)15-7-3-6-14-18(15)12-4-1-2-5-13(12)19(14)22/h1-10,19H,22H2,(H,23,24). The van der Waals surface area contributed by atoms with Gasteiger partial charge in [-0.1, -0.05) is 42.5 Å². The van der Waals surface area contributed by atoms with Crippen molar-refractivity contribution < 1.29 is 4.39 Å². The molecule has 0 saturated heterocycles. The summed E-state index contributed by atoms with van der Waals surface area (Å²) in [6.07, 6.45) is 0. The zero-order chi connectivity index (χ0) is 16.3. The topological polar surface area (TPSA) is 54.7 Å². The minimum atomic E-state index is -0.275. The minimum Gasteiger partial charge on any atom is -0.338 e. The van der Waals surface area contributed by atoms with Gasteiger partial charge in [0.25, 0.3) is 0 Å². The van der Waals surface area contributed by atoms with E-state index >= 15 is 0 Å². The van der Waals surface area contributed by atoms with Crippen molar-refractivity contribution in [1.29, 1.82) is 0 Å². The molecule has 5 rings (SSSR count). The maximum atomic E-state index is 13.5. The van der Waals surface area contributed by atoms with Crippen LogP contribution in [0.3, 0.4) is 0 Å². The van der Waals surface area contributed by atoms with Crippen LogP contribution in [0, 0.1) is 5.82 Å². The number of aromatic amines is 1. The van der Waals surface area contributed by atoms with Crippen molar-refractivity contribution in [2.75, 3.05) is 0 Å². The highest BCUT2D eigenvalue weighted by atomic mass is 19.1. The van der Waals surface area contributed by atoms with Crippen molar-refractivity contribution in [1.82, 2.24) is 9.97 Å². The van der Waals surface area contributed by atoms with E-state index in [1.165, 1.54) is 12.1 Å². The third kappa shape index (κ3) is 1.77. The summed E-state index contributed by atoms with van der Waals surface area (Å²) in [7, 11) is 0. The molecule has 1 aliphatic rings. The highest BCUT2D eigenvalue weighted by Gasteiger charge is 2.28. The van der Waals surface area contributed by atoms with Crippen LogP contribution in [0.15, 0.2) is 60.7 Å². The first-order valence-electron chi connectivity index (χ1n) is 7.86. The second-order valence-corrected chi connectivity index (χ2v) is 6.08. The fraction of sp³-hybridized carbons (Fsp3) is 0.0500. The molecule has 3 aromatic carbocycles. The molecule has 1 aromatic heterocycles. The molecule has 0 amide bonds. The summed E-state index contributed by atoms with van der Waals surface area (Å²) in [6, 6.07) is 18.7. The minimum absolute atomic E-state index is 0.127. The molecule has 0 saturated carbocycles. The number of hydrogen-bond acceptors (Lipinski definition) is 2. The van der Waals surface area contributed by atoms with E-state index in [0.29, 0.717) is 5.52 Å². The summed E-state index contributed by atoms with van der Waals surface area (Å²) in [5.41, 5.74) is 13.3. The molecule has 4 aromatic rings. The van der Waals surface area contributed by atoms with Crippen molar-refractivity contribution >= 4 is 11.0 Å². The van der Waals surface area contributed by atoms with E-state index in [0.717, 1.165) is 39.2 Å². The zero-order valence-corrected chi connectivity index (χ0v) is 12.8. The quantitative estimate of drug-likeness (QED) is 0.547. The van der Waals surface area contributed by atoms with Crippen molar-refractivity contribution in [3.8, 4) is 22.5 Å². The van der Waals surface area contributed by atoms with Gasteiger partial charge < -0.3 is 10.7 Å². The summed E-state index contributed by atoms with van der Waals surface area (Å²) >= 11 is 0. The average Bonchev–Trinajstić information content (AvgIpc) is 3.15. The van der Waals surface area contributed by atoms with Crippen LogP contribution in [0.5, 0.6) is 0 Å². The van der Waals surface area contributed by atoms with Crippen LogP contribution in [0.1, 0.15) is 17.2 Å².